The van der Waals surface area contributed by atoms with Gasteiger partial charge >= 0.3 is 0 Å². The minimum absolute atomic E-state index is 0.617. The summed E-state index contributed by atoms with van der Waals surface area (Å²) in [7, 11) is 0. The summed E-state index contributed by atoms with van der Waals surface area (Å²) < 4.78 is 3.27. The third-order valence-corrected chi connectivity index (χ3v) is 4.59. The van der Waals surface area contributed by atoms with Crippen molar-refractivity contribution in [2.75, 3.05) is 5.75 Å². The van der Waals surface area contributed by atoms with Gasteiger partial charge in [0.15, 0.2) is 5.16 Å². The predicted molar refractivity (Wildman–Crippen MR) is 74.1 cm³/mol. The summed E-state index contributed by atoms with van der Waals surface area (Å²) in [6, 6.07) is 8.20. The molecule has 0 spiro atoms. The van der Waals surface area contributed by atoms with Gasteiger partial charge in [-0.2, -0.15) is 0 Å². The molecule has 0 aliphatic carbocycles. The number of fused-ring (bicyclic) bond motifs is 3. The molecule has 0 aliphatic heterocycles. The van der Waals surface area contributed by atoms with Crippen molar-refractivity contribution in [2.24, 2.45) is 0 Å². The van der Waals surface area contributed by atoms with Gasteiger partial charge in [0.2, 0.25) is 4.96 Å². The Bertz CT molecular complexity index is 701. The van der Waals surface area contributed by atoms with E-state index in [1.54, 1.807) is 23.1 Å². The molecule has 0 aliphatic rings. The molecule has 0 radical (unpaired) electrons. The Hall–Kier alpha value is -1.04. The van der Waals surface area contributed by atoms with E-state index in [2.05, 4.69) is 33.3 Å². The molecule has 0 atom stereocenters. The third-order valence-electron chi connectivity index (χ3n) is 2.27. The molecule has 3 nitrogen and oxygen atoms in total. The second kappa shape index (κ2) is 4.33. The molecular weight excluding hydrogens is 274 g/mol. The van der Waals surface area contributed by atoms with Crippen molar-refractivity contribution >= 4 is 49.9 Å². The van der Waals surface area contributed by atoms with Crippen molar-refractivity contribution < 1.29 is 0 Å². The molecule has 2 aromatic heterocycles. The summed E-state index contributed by atoms with van der Waals surface area (Å²) in [5.74, 6) is 0.645. The number of rotatable bonds is 3. The first-order chi connectivity index (χ1) is 8.25. The van der Waals surface area contributed by atoms with E-state index >= 15 is 0 Å². The van der Waals surface area contributed by atoms with E-state index in [0.717, 1.165) is 15.6 Å². The maximum Gasteiger partial charge on any atom is 0.217 e. The van der Waals surface area contributed by atoms with Gasteiger partial charge < -0.3 is 0 Å². The van der Waals surface area contributed by atoms with E-state index in [9.17, 15) is 0 Å². The molecule has 0 amide bonds. The van der Waals surface area contributed by atoms with E-state index in [-0.39, 0.29) is 0 Å². The fourth-order valence-corrected chi connectivity index (χ4v) is 3.48. The molecule has 3 aromatic rings. The Labute approximate surface area is 111 Å². The average Bonchev–Trinajstić information content (AvgIpc) is 2.84. The highest BCUT2D eigenvalue weighted by molar-refractivity contribution is 7.99. The van der Waals surface area contributed by atoms with Gasteiger partial charge in [-0.05, 0) is 12.1 Å². The van der Waals surface area contributed by atoms with Crippen LogP contribution in [0.3, 0.4) is 0 Å². The van der Waals surface area contributed by atoms with Crippen molar-refractivity contribution in [1.29, 1.82) is 0 Å². The number of para-hydroxylation sites is 1. The topological polar surface area (TPSA) is 30.2 Å². The van der Waals surface area contributed by atoms with Crippen LogP contribution in [-0.4, -0.2) is 20.4 Å². The average molecular weight is 282 g/mol. The molecule has 0 fully saturated rings. The Morgan fingerprint density at radius 2 is 2.24 bits per heavy atom. The normalized spacial score (nSPS) is 11.4. The molecule has 0 unspecified atom stereocenters. The van der Waals surface area contributed by atoms with Gasteiger partial charge in [-0.25, -0.2) is 0 Å². The third kappa shape index (κ3) is 1.94. The van der Waals surface area contributed by atoms with Gasteiger partial charge in [0, 0.05) is 10.8 Å². The molecule has 0 N–H and O–H groups in total. The molecular formula is C11H8ClN3S2. The quantitative estimate of drug-likeness (QED) is 0.684. The fraction of sp³-hybridized carbons (Fsp3) is 0.0909. The first-order valence-electron chi connectivity index (χ1n) is 4.94. The summed E-state index contributed by atoms with van der Waals surface area (Å²) in [5.41, 5.74) is 1.14. The van der Waals surface area contributed by atoms with Crippen LogP contribution in [0, 0.1) is 0 Å². The second-order valence-corrected chi connectivity index (χ2v) is 5.96. The molecule has 3 rings (SSSR count). The molecule has 2 heterocycles. The Balaban J connectivity index is 2.15. The molecule has 0 saturated heterocycles. The van der Waals surface area contributed by atoms with E-state index in [1.807, 2.05) is 12.1 Å². The number of thiazole rings is 1. The van der Waals surface area contributed by atoms with Crippen LogP contribution < -0.4 is 0 Å². The van der Waals surface area contributed by atoms with Gasteiger partial charge in [0.25, 0.3) is 0 Å². The minimum atomic E-state index is 0.617. The van der Waals surface area contributed by atoms with E-state index in [0.29, 0.717) is 10.8 Å². The Morgan fingerprint density at radius 1 is 1.41 bits per heavy atom. The molecule has 86 valence electrons. The molecule has 17 heavy (non-hydrogen) atoms. The summed E-state index contributed by atoms with van der Waals surface area (Å²) in [4.78, 5) is 0.911. The van der Waals surface area contributed by atoms with Crippen LogP contribution >= 0.6 is 34.7 Å². The summed E-state index contributed by atoms with van der Waals surface area (Å²) in [6.45, 7) is 3.67. The van der Waals surface area contributed by atoms with Crippen molar-refractivity contribution in [3.63, 3.8) is 0 Å². The molecule has 1 aromatic carbocycles. The highest BCUT2D eigenvalue weighted by atomic mass is 35.5. The van der Waals surface area contributed by atoms with Crippen LogP contribution in [0.4, 0.5) is 0 Å². The molecule has 6 heteroatoms. The van der Waals surface area contributed by atoms with Gasteiger partial charge in [-0.1, -0.05) is 53.4 Å². The van der Waals surface area contributed by atoms with Crippen LogP contribution in [0.1, 0.15) is 0 Å². The summed E-state index contributed by atoms with van der Waals surface area (Å²) >= 11 is 8.95. The zero-order valence-electron chi connectivity index (χ0n) is 8.76. The number of nitrogens with zero attached hydrogens (tertiary/aromatic N) is 3. The Morgan fingerprint density at radius 3 is 3.06 bits per heavy atom. The summed E-state index contributed by atoms with van der Waals surface area (Å²) in [5, 5.41) is 9.81. The fourth-order valence-electron chi connectivity index (χ4n) is 1.59. The summed E-state index contributed by atoms with van der Waals surface area (Å²) in [6.07, 6.45) is 0. The number of aromatic nitrogens is 3. The number of thioether (sulfide) groups is 1. The monoisotopic (exact) mass is 281 g/mol. The smallest absolute Gasteiger partial charge is 0.217 e. The lowest BCUT2D eigenvalue weighted by Gasteiger charge is -1.97. The lowest BCUT2D eigenvalue weighted by molar-refractivity contribution is 0.942. The van der Waals surface area contributed by atoms with Crippen molar-refractivity contribution in [3.05, 3.63) is 35.9 Å². The van der Waals surface area contributed by atoms with Crippen LogP contribution in [0.15, 0.2) is 41.0 Å². The van der Waals surface area contributed by atoms with Gasteiger partial charge in [0.05, 0.1) is 10.2 Å². The molecule has 0 saturated carbocycles. The van der Waals surface area contributed by atoms with E-state index in [4.69, 9.17) is 11.6 Å². The van der Waals surface area contributed by atoms with Crippen LogP contribution in [-0.2, 0) is 0 Å². The standard InChI is InChI=1S/C11H8ClN3S2/c1-7(12)6-16-10-13-14-11-15(10)8-4-2-3-5-9(8)17-11/h2-5H,1,6H2. The zero-order chi connectivity index (χ0) is 11.8. The first-order valence-corrected chi connectivity index (χ1v) is 7.12. The highest BCUT2D eigenvalue weighted by Crippen LogP contribution is 2.30. The number of benzene rings is 1. The van der Waals surface area contributed by atoms with Crippen LogP contribution in [0.2, 0.25) is 0 Å². The predicted octanol–water partition coefficient (Wildman–Crippen LogP) is 3.79. The zero-order valence-corrected chi connectivity index (χ0v) is 11.1. The molecule has 0 bridgehead atoms. The SMILES string of the molecule is C=C(Cl)CSc1nnc2sc3ccccc3n12. The van der Waals surface area contributed by atoms with E-state index in [1.165, 1.54) is 4.70 Å². The van der Waals surface area contributed by atoms with Crippen LogP contribution in [0.5, 0.6) is 0 Å². The van der Waals surface area contributed by atoms with Crippen molar-refractivity contribution in [3.8, 4) is 0 Å². The van der Waals surface area contributed by atoms with Gasteiger partial charge in [-0.3, -0.25) is 4.40 Å². The number of halogens is 1. The lowest BCUT2D eigenvalue weighted by atomic mass is 10.3. The number of hydrogen-bond acceptors (Lipinski definition) is 4. The largest absolute Gasteiger partial charge is 0.260 e. The first kappa shape index (κ1) is 11.1. The van der Waals surface area contributed by atoms with E-state index < -0.39 is 0 Å². The second-order valence-electron chi connectivity index (χ2n) is 3.48. The maximum atomic E-state index is 5.77. The van der Waals surface area contributed by atoms with Gasteiger partial charge in [-0.15, -0.1) is 10.2 Å². The number of hydrogen-bond donors (Lipinski definition) is 0. The van der Waals surface area contributed by atoms with Crippen molar-refractivity contribution in [1.82, 2.24) is 14.6 Å². The Kier molecular flexibility index (Phi) is 2.82. The van der Waals surface area contributed by atoms with Gasteiger partial charge in [0.1, 0.15) is 0 Å². The maximum absolute atomic E-state index is 5.77. The lowest BCUT2D eigenvalue weighted by Crippen LogP contribution is -1.86. The minimum Gasteiger partial charge on any atom is -0.260 e. The van der Waals surface area contributed by atoms with Crippen LogP contribution in [0.25, 0.3) is 15.2 Å². The highest BCUT2D eigenvalue weighted by Gasteiger charge is 2.12. The van der Waals surface area contributed by atoms with Crippen molar-refractivity contribution in [2.45, 2.75) is 5.16 Å².